The maximum atomic E-state index is 5.75. The van der Waals surface area contributed by atoms with Gasteiger partial charge in [0, 0.05) is 11.1 Å². The molecule has 160 valence electrons. The van der Waals surface area contributed by atoms with Crippen LogP contribution in [0, 0.1) is 11.5 Å². The summed E-state index contributed by atoms with van der Waals surface area (Å²) in [7, 11) is -0.0777. The van der Waals surface area contributed by atoms with Gasteiger partial charge in [0.25, 0.3) is 0 Å². The molecule has 0 spiro atoms. The van der Waals surface area contributed by atoms with Gasteiger partial charge in [0.15, 0.2) is 0 Å². The molecule has 0 aliphatic heterocycles. The van der Waals surface area contributed by atoms with E-state index < -0.39 is 8.07 Å². The fourth-order valence-corrected chi connectivity index (χ4v) is 10.0. The van der Waals surface area contributed by atoms with Crippen LogP contribution in [0.2, 0.25) is 16.6 Å². The Labute approximate surface area is 179 Å². The van der Waals surface area contributed by atoms with Crippen LogP contribution in [0.3, 0.4) is 0 Å². The van der Waals surface area contributed by atoms with Crippen molar-refractivity contribution in [2.75, 3.05) is 7.11 Å². The molecule has 0 radical (unpaired) electrons. The maximum absolute atomic E-state index is 5.75. The molecule has 29 heavy (non-hydrogen) atoms. The van der Waals surface area contributed by atoms with Crippen molar-refractivity contribution in [1.82, 2.24) is 0 Å². The molecule has 0 N–H and O–H groups in total. The molecule has 0 saturated heterocycles. The monoisotopic (exact) mass is 413 g/mol. The smallest absolute Gasteiger partial charge is 0.146 e. The largest absolute Gasteiger partial charge is 0.497 e. The Morgan fingerprint density at radius 1 is 0.966 bits per heavy atom. The number of methoxy groups -OCH3 is 1. The number of ether oxygens (including phenoxy) is 1. The molecule has 0 aromatic heterocycles. The van der Waals surface area contributed by atoms with Gasteiger partial charge in [-0.15, -0.1) is 5.54 Å². The Bertz CT molecular complexity index is 726. The predicted molar refractivity (Wildman–Crippen MR) is 126 cm³/mol. The summed E-state index contributed by atoms with van der Waals surface area (Å²) in [4.78, 5) is 5.75. The standard InChI is InChI=1S/C25H39NO2Si/c1-19(2)29(20(3)4,21(5)6)16-15-22-13-14-25(27-7)17-23(22)18-28-26-24-11-9-8-10-12-24/h13-14,17,19-21H,8-12,18H2,1-7H3. The molecule has 1 aliphatic carbocycles. The summed E-state index contributed by atoms with van der Waals surface area (Å²) >= 11 is 0. The van der Waals surface area contributed by atoms with E-state index in [9.17, 15) is 0 Å². The average Bonchev–Trinajstić information content (AvgIpc) is 2.69. The lowest BCUT2D eigenvalue weighted by atomic mass is 9.99. The summed E-state index contributed by atoms with van der Waals surface area (Å²) in [5.74, 6) is 4.40. The predicted octanol–water partition coefficient (Wildman–Crippen LogP) is 7.10. The van der Waals surface area contributed by atoms with Gasteiger partial charge < -0.3 is 9.57 Å². The molecule has 0 bridgehead atoms. The molecule has 1 aliphatic rings. The molecule has 1 aromatic carbocycles. The van der Waals surface area contributed by atoms with Crippen LogP contribution in [0.5, 0.6) is 5.75 Å². The van der Waals surface area contributed by atoms with E-state index in [0.717, 1.165) is 29.7 Å². The Morgan fingerprint density at radius 2 is 1.59 bits per heavy atom. The topological polar surface area (TPSA) is 30.8 Å². The highest BCUT2D eigenvalue weighted by Crippen LogP contribution is 2.40. The first kappa shape index (κ1) is 23.5. The highest BCUT2D eigenvalue weighted by Gasteiger charge is 2.41. The van der Waals surface area contributed by atoms with Crippen molar-refractivity contribution in [2.45, 2.75) is 96.9 Å². The Hall–Kier alpha value is -1.73. The second-order valence-corrected chi connectivity index (χ2v) is 14.7. The number of hydrogen-bond acceptors (Lipinski definition) is 3. The molecule has 2 rings (SSSR count). The molecule has 0 heterocycles. The average molecular weight is 414 g/mol. The summed E-state index contributed by atoms with van der Waals surface area (Å²) in [6, 6.07) is 6.09. The van der Waals surface area contributed by atoms with Crippen LogP contribution in [0.4, 0.5) is 0 Å². The molecule has 4 heteroatoms. The molecule has 0 unspecified atom stereocenters. The van der Waals surface area contributed by atoms with Gasteiger partial charge in [-0.3, -0.25) is 0 Å². The van der Waals surface area contributed by atoms with Crippen molar-refractivity contribution in [3.63, 3.8) is 0 Å². The second-order valence-electron chi connectivity index (χ2n) is 9.16. The molecule has 0 atom stereocenters. The van der Waals surface area contributed by atoms with Crippen molar-refractivity contribution < 1.29 is 9.57 Å². The van der Waals surface area contributed by atoms with E-state index in [1.54, 1.807) is 7.11 Å². The first-order valence-electron chi connectivity index (χ1n) is 11.2. The maximum Gasteiger partial charge on any atom is 0.146 e. The Kier molecular flexibility index (Phi) is 8.83. The zero-order valence-electron chi connectivity index (χ0n) is 19.5. The van der Waals surface area contributed by atoms with E-state index in [1.165, 1.54) is 25.0 Å². The van der Waals surface area contributed by atoms with Crippen LogP contribution in [-0.2, 0) is 11.4 Å². The number of nitrogens with zero attached hydrogens (tertiary/aromatic N) is 1. The van der Waals surface area contributed by atoms with Gasteiger partial charge in [-0.2, -0.15) is 0 Å². The van der Waals surface area contributed by atoms with Gasteiger partial charge >= 0.3 is 0 Å². The fourth-order valence-electron chi connectivity index (χ4n) is 4.79. The van der Waals surface area contributed by atoms with E-state index in [4.69, 9.17) is 9.57 Å². The minimum absolute atomic E-state index is 0.435. The fraction of sp³-hybridized carbons (Fsp3) is 0.640. The third-order valence-corrected chi connectivity index (χ3v) is 12.7. The first-order valence-corrected chi connectivity index (χ1v) is 13.4. The quantitative estimate of drug-likeness (QED) is 0.271. The highest BCUT2D eigenvalue weighted by molar-refractivity contribution is 6.90. The minimum Gasteiger partial charge on any atom is -0.497 e. The molecular formula is C25H39NO2Si. The van der Waals surface area contributed by atoms with E-state index in [1.807, 2.05) is 12.1 Å². The van der Waals surface area contributed by atoms with E-state index in [0.29, 0.717) is 23.2 Å². The molecule has 0 amide bonds. The van der Waals surface area contributed by atoms with Gasteiger partial charge in [0.2, 0.25) is 0 Å². The van der Waals surface area contributed by atoms with Crippen LogP contribution < -0.4 is 4.74 Å². The Balaban J connectivity index is 2.31. The summed E-state index contributed by atoms with van der Waals surface area (Å²) in [5, 5.41) is 4.40. The van der Waals surface area contributed by atoms with Crippen molar-refractivity contribution in [1.29, 1.82) is 0 Å². The van der Waals surface area contributed by atoms with E-state index in [2.05, 4.69) is 64.2 Å². The zero-order chi connectivity index (χ0) is 21.4. The number of rotatable bonds is 7. The number of oxime groups is 1. The van der Waals surface area contributed by atoms with E-state index >= 15 is 0 Å². The minimum atomic E-state index is -1.77. The van der Waals surface area contributed by atoms with Gasteiger partial charge in [-0.1, -0.05) is 59.0 Å². The van der Waals surface area contributed by atoms with Crippen LogP contribution in [0.1, 0.15) is 84.8 Å². The lowest BCUT2D eigenvalue weighted by Crippen LogP contribution is -2.43. The summed E-state index contributed by atoms with van der Waals surface area (Å²) in [5.41, 5.74) is 8.95. The Morgan fingerprint density at radius 3 is 2.14 bits per heavy atom. The van der Waals surface area contributed by atoms with Crippen molar-refractivity contribution >= 4 is 13.8 Å². The van der Waals surface area contributed by atoms with Gasteiger partial charge in [0.1, 0.15) is 20.4 Å². The van der Waals surface area contributed by atoms with E-state index in [-0.39, 0.29) is 0 Å². The SMILES string of the molecule is COc1ccc(C#C[Si](C(C)C)(C(C)C)C(C)C)c(CON=C2CCCCC2)c1. The number of hydrogen-bond donors (Lipinski definition) is 0. The molecule has 3 nitrogen and oxygen atoms in total. The van der Waals surface area contributed by atoms with Crippen molar-refractivity contribution in [2.24, 2.45) is 5.16 Å². The molecule has 1 saturated carbocycles. The normalized spacial score (nSPS) is 14.8. The van der Waals surface area contributed by atoms with Crippen LogP contribution in [0.25, 0.3) is 0 Å². The highest BCUT2D eigenvalue weighted by atomic mass is 28.3. The van der Waals surface area contributed by atoms with Gasteiger partial charge in [0.05, 0.1) is 12.8 Å². The van der Waals surface area contributed by atoms with Crippen LogP contribution in [0.15, 0.2) is 23.4 Å². The molecule has 1 fully saturated rings. The third kappa shape index (κ3) is 5.89. The van der Waals surface area contributed by atoms with Crippen molar-refractivity contribution in [3.8, 4) is 17.2 Å². The lowest BCUT2D eigenvalue weighted by Gasteiger charge is -2.38. The van der Waals surface area contributed by atoms with Crippen LogP contribution >= 0.6 is 0 Å². The zero-order valence-corrected chi connectivity index (χ0v) is 20.5. The lowest BCUT2D eigenvalue weighted by molar-refractivity contribution is 0.128. The molecule has 1 aromatic rings. The molecular weight excluding hydrogens is 374 g/mol. The summed E-state index contributed by atoms with van der Waals surface area (Å²) in [6.07, 6.45) is 5.89. The number of benzene rings is 1. The summed E-state index contributed by atoms with van der Waals surface area (Å²) < 4.78 is 5.44. The first-order chi connectivity index (χ1) is 13.8. The summed E-state index contributed by atoms with van der Waals surface area (Å²) in [6.45, 7) is 14.5. The van der Waals surface area contributed by atoms with Gasteiger partial charge in [-0.05, 0) is 60.5 Å². The van der Waals surface area contributed by atoms with Gasteiger partial charge in [-0.25, -0.2) is 0 Å². The van der Waals surface area contributed by atoms with Crippen molar-refractivity contribution in [3.05, 3.63) is 29.3 Å². The third-order valence-electron chi connectivity index (χ3n) is 6.44. The van der Waals surface area contributed by atoms with Crippen LogP contribution in [-0.4, -0.2) is 20.9 Å². The second kappa shape index (κ2) is 10.9.